The van der Waals surface area contributed by atoms with E-state index in [0.29, 0.717) is 13.0 Å². The van der Waals surface area contributed by atoms with Gasteiger partial charge in [0.1, 0.15) is 0 Å². The smallest absolute Gasteiger partial charge is 0.351 e. The number of carboxylic acid groups (broad SMARTS) is 1. The van der Waals surface area contributed by atoms with Crippen LogP contribution in [0.2, 0.25) is 0 Å². The van der Waals surface area contributed by atoms with Crippen molar-refractivity contribution in [3.63, 3.8) is 0 Å². The molecule has 58 valence electrons. The molecule has 0 bridgehead atoms. The Bertz CT molecular complexity index is 159. The first-order valence-electron chi connectivity index (χ1n) is 3.28. The summed E-state index contributed by atoms with van der Waals surface area (Å²) in [7, 11) is 0. The maximum atomic E-state index is 10.4. The average Bonchev–Trinajstić information content (AvgIpc) is 2.15. The highest BCUT2D eigenvalue weighted by molar-refractivity contribution is 5.77. The van der Waals surface area contributed by atoms with E-state index in [4.69, 9.17) is 5.11 Å². The summed E-state index contributed by atoms with van der Waals surface area (Å²) in [6, 6.07) is 0. The van der Waals surface area contributed by atoms with Gasteiger partial charge < -0.3 is 10.2 Å². The normalized spacial score (nSPS) is 40.0. The Morgan fingerprint density at radius 3 is 2.60 bits per heavy atom. The highest BCUT2D eigenvalue weighted by Crippen LogP contribution is 2.23. The molecule has 1 aliphatic rings. The van der Waals surface area contributed by atoms with Crippen LogP contribution in [0, 0.1) is 5.92 Å². The molecule has 4 heteroatoms. The minimum atomic E-state index is -1.68. The van der Waals surface area contributed by atoms with Gasteiger partial charge in [0.15, 0.2) is 0 Å². The molecular weight excluding hydrogens is 134 g/mol. The van der Waals surface area contributed by atoms with Crippen LogP contribution in [0.15, 0.2) is 0 Å². The molecular formula is C6H11NO3. The van der Waals surface area contributed by atoms with Gasteiger partial charge in [-0.15, -0.1) is 0 Å². The van der Waals surface area contributed by atoms with Gasteiger partial charge >= 0.3 is 5.97 Å². The molecule has 0 aromatic rings. The highest BCUT2D eigenvalue weighted by Gasteiger charge is 2.44. The van der Waals surface area contributed by atoms with Crippen LogP contribution in [-0.2, 0) is 4.79 Å². The summed E-state index contributed by atoms with van der Waals surface area (Å²) in [6.45, 7) is 2.29. The van der Waals surface area contributed by atoms with Crippen molar-refractivity contribution >= 4 is 5.97 Å². The summed E-state index contributed by atoms with van der Waals surface area (Å²) >= 11 is 0. The molecule has 4 nitrogen and oxygen atoms in total. The zero-order valence-electron chi connectivity index (χ0n) is 5.79. The Morgan fingerprint density at radius 1 is 1.80 bits per heavy atom. The summed E-state index contributed by atoms with van der Waals surface area (Å²) in [5.74, 6) is -1.39. The molecule has 1 heterocycles. The predicted octanol–water partition coefficient (Wildman–Crippen LogP) is -0.611. The lowest BCUT2D eigenvalue weighted by Gasteiger charge is -2.21. The minimum absolute atomic E-state index is 0.204. The fourth-order valence-corrected chi connectivity index (χ4v) is 1.15. The van der Waals surface area contributed by atoms with Gasteiger partial charge in [-0.2, -0.15) is 0 Å². The van der Waals surface area contributed by atoms with Gasteiger partial charge in [0, 0.05) is 5.92 Å². The summed E-state index contributed by atoms with van der Waals surface area (Å²) in [5.41, 5.74) is -1.68. The van der Waals surface area contributed by atoms with Crippen molar-refractivity contribution in [1.82, 2.24) is 5.32 Å². The van der Waals surface area contributed by atoms with Crippen molar-refractivity contribution in [3.05, 3.63) is 0 Å². The van der Waals surface area contributed by atoms with E-state index in [-0.39, 0.29) is 5.92 Å². The third kappa shape index (κ3) is 0.892. The number of rotatable bonds is 1. The molecule has 0 aliphatic carbocycles. The van der Waals surface area contributed by atoms with Gasteiger partial charge in [-0.1, -0.05) is 6.92 Å². The van der Waals surface area contributed by atoms with E-state index in [2.05, 4.69) is 5.32 Å². The van der Waals surface area contributed by atoms with E-state index in [0.717, 1.165) is 0 Å². The number of nitrogens with one attached hydrogen (secondary N) is 1. The molecule has 0 aromatic heterocycles. The van der Waals surface area contributed by atoms with E-state index < -0.39 is 11.7 Å². The van der Waals surface area contributed by atoms with Crippen molar-refractivity contribution in [1.29, 1.82) is 0 Å². The maximum absolute atomic E-state index is 10.4. The third-order valence-electron chi connectivity index (χ3n) is 2.01. The van der Waals surface area contributed by atoms with Gasteiger partial charge in [0.05, 0.1) is 0 Å². The lowest BCUT2D eigenvalue weighted by molar-refractivity contribution is -0.164. The standard InChI is InChI=1S/C6H11NO3/c1-4-2-3-7-6(4,10)5(8)9/h4,7,10H,2-3H2,1H3,(H,8,9)/t4?,6-/m1/s1. The minimum Gasteiger partial charge on any atom is -0.478 e. The molecule has 1 fully saturated rings. The van der Waals surface area contributed by atoms with Crippen LogP contribution in [0.25, 0.3) is 0 Å². The van der Waals surface area contributed by atoms with Crippen molar-refractivity contribution < 1.29 is 15.0 Å². The molecule has 0 aromatic carbocycles. The SMILES string of the molecule is CC1CCN[C@]1(O)C(=O)O. The maximum Gasteiger partial charge on any atom is 0.351 e. The molecule has 10 heavy (non-hydrogen) atoms. The van der Waals surface area contributed by atoms with Gasteiger partial charge in [0.2, 0.25) is 5.72 Å². The van der Waals surface area contributed by atoms with E-state index in [1.807, 2.05) is 0 Å². The Morgan fingerprint density at radius 2 is 2.40 bits per heavy atom. The molecule has 3 N–H and O–H groups in total. The second-order valence-electron chi connectivity index (χ2n) is 2.69. The topological polar surface area (TPSA) is 69.6 Å². The quantitative estimate of drug-likeness (QED) is 0.460. The van der Waals surface area contributed by atoms with Crippen LogP contribution in [0.1, 0.15) is 13.3 Å². The third-order valence-corrected chi connectivity index (χ3v) is 2.01. The number of hydrogen-bond acceptors (Lipinski definition) is 3. The Kier molecular flexibility index (Phi) is 1.66. The first-order chi connectivity index (χ1) is 4.57. The number of aliphatic hydroxyl groups is 1. The molecule has 1 rings (SSSR count). The molecule has 2 atom stereocenters. The second-order valence-corrected chi connectivity index (χ2v) is 2.69. The van der Waals surface area contributed by atoms with E-state index >= 15 is 0 Å². The summed E-state index contributed by atoms with van der Waals surface area (Å²) in [5, 5.41) is 20.4. The van der Waals surface area contributed by atoms with E-state index in [1.165, 1.54) is 0 Å². The lowest BCUT2D eigenvalue weighted by Crippen LogP contribution is -2.51. The first-order valence-corrected chi connectivity index (χ1v) is 3.28. The zero-order chi connectivity index (χ0) is 7.78. The summed E-state index contributed by atoms with van der Waals surface area (Å²) in [6.07, 6.45) is 0.711. The Balaban J connectivity index is 2.75. The van der Waals surface area contributed by atoms with Crippen LogP contribution in [0.4, 0.5) is 0 Å². The van der Waals surface area contributed by atoms with Crippen LogP contribution in [0.5, 0.6) is 0 Å². The Labute approximate surface area is 58.9 Å². The molecule has 0 amide bonds. The van der Waals surface area contributed by atoms with Crippen molar-refractivity contribution in [2.75, 3.05) is 6.54 Å². The first kappa shape index (κ1) is 7.50. The predicted molar refractivity (Wildman–Crippen MR) is 34.4 cm³/mol. The average molecular weight is 145 g/mol. The highest BCUT2D eigenvalue weighted by atomic mass is 16.4. The number of carbonyl (C=O) groups is 1. The van der Waals surface area contributed by atoms with Crippen molar-refractivity contribution in [2.45, 2.75) is 19.1 Å². The molecule has 1 aliphatic heterocycles. The van der Waals surface area contributed by atoms with Gasteiger partial charge in [-0.3, -0.25) is 5.32 Å². The van der Waals surface area contributed by atoms with Crippen LogP contribution < -0.4 is 5.32 Å². The van der Waals surface area contributed by atoms with Gasteiger partial charge in [-0.05, 0) is 13.0 Å². The fraction of sp³-hybridized carbons (Fsp3) is 0.833. The molecule has 0 radical (unpaired) electrons. The molecule has 0 spiro atoms. The van der Waals surface area contributed by atoms with E-state index in [9.17, 15) is 9.90 Å². The summed E-state index contributed by atoms with van der Waals surface area (Å²) in [4.78, 5) is 10.4. The van der Waals surface area contributed by atoms with Crippen LogP contribution >= 0.6 is 0 Å². The van der Waals surface area contributed by atoms with Crippen LogP contribution in [0.3, 0.4) is 0 Å². The lowest BCUT2D eigenvalue weighted by atomic mass is 10.00. The fourth-order valence-electron chi connectivity index (χ4n) is 1.15. The van der Waals surface area contributed by atoms with E-state index in [1.54, 1.807) is 6.92 Å². The van der Waals surface area contributed by atoms with Gasteiger partial charge in [-0.25, -0.2) is 4.79 Å². The second kappa shape index (κ2) is 2.21. The van der Waals surface area contributed by atoms with Gasteiger partial charge in [0.25, 0.3) is 0 Å². The molecule has 0 saturated carbocycles. The zero-order valence-corrected chi connectivity index (χ0v) is 5.79. The summed E-state index contributed by atoms with van der Waals surface area (Å²) < 4.78 is 0. The monoisotopic (exact) mass is 145 g/mol. The van der Waals surface area contributed by atoms with Crippen LogP contribution in [-0.4, -0.2) is 28.5 Å². The molecule has 1 unspecified atom stereocenters. The molecule has 1 saturated heterocycles. The number of aliphatic carboxylic acids is 1. The number of hydrogen-bond donors (Lipinski definition) is 3. The largest absolute Gasteiger partial charge is 0.478 e. The number of carboxylic acids is 1. The Hall–Kier alpha value is -0.610. The van der Waals surface area contributed by atoms with Crippen molar-refractivity contribution in [2.24, 2.45) is 5.92 Å². The van der Waals surface area contributed by atoms with Crippen molar-refractivity contribution in [3.8, 4) is 0 Å².